The van der Waals surface area contributed by atoms with Gasteiger partial charge in [0.25, 0.3) is 11.8 Å². The lowest BCUT2D eigenvalue weighted by molar-refractivity contribution is -0.129. The lowest BCUT2D eigenvalue weighted by atomic mass is 10.1. The minimum atomic E-state index is -0.893. The van der Waals surface area contributed by atoms with Crippen LogP contribution in [0.25, 0.3) is 0 Å². The van der Waals surface area contributed by atoms with Gasteiger partial charge in [0, 0.05) is 11.7 Å². The predicted octanol–water partition coefficient (Wildman–Crippen LogP) is 3.44. The van der Waals surface area contributed by atoms with Crippen molar-refractivity contribution in [3.8, 4) is 0 Å². The summed E-state index contributed by atoms with van der Waals surface area (Å²) in [6.07, 6.45) is 4.65. The van der Waals surface area contributed by atoms with Crippen LogP contribution >= 0.6 is 0 Å². The van der Waals surface area contributed by atoms with Crippen molar-refractivity contribution >= 4 is 23.5 Å². The molecule has 7 heteroatoms. The number of carbonyl (C=O) groups is 3. The highest BCUT2D eigenvalue weighted by atomic mass is 16.5. The molecular weight excluding hydrogens is 360 g/mol. The lowest BCUT2D eigenvalue weighted by Crippen LogP contribution is -2.40. The number of hydrogen-bond acceptors (Lipinski definition) is 5. The summed E-state index contributed by atoms with van der Waals surface area (Å²) >= 11 is 0. The van der Waals surface area contributed by atoms with E-state index in [0.717, 1.165) is 31.2 Å². The Hall–Kier alpha value is -3.09. The van der Waals surface area contributed by atoms with E-state index in [4.69, 9.17) is 9.15 Å². The van der Waals surface area contributed by atoms with Crippen molar-refractivity contribution in [2.75, 3.05) is 5.32 Å². The van der Waals surface area contributed by atoms with Gasteiger partial charge in [-0.25, -0.2) is 4.79 Å². The van der Waals surface area contributed by atoms with E-state index in [1.54, 1.807) is 31.2 Å². The van der Waals surface area contributed by atoms with Gasteiger partial charge in [0.15, 0.2) is 11.9 Å². The molecule has 1 aliphatic carbocycles. The molecule has 28 heavy (non-hydrogen) atoms. The third kappa shape index (κ3) is 4.79. The van der Waals surface area contributed by atoms with E-state index in [9.17, 15) is 14.4 Å². The van der Waals surface area contributed by atoms with Crippen molar-refractivity contribution in [3.05, 3.63) is 53.5 Å². The Morgan fingerprint density at radius 2 is 1.93 bits per heavy atom. The smallest absolute Gasteiger partial charge is 0.338 e. The molecule has 1 saturated carbocycles. The van der Waals surface area contributed by atoms with Gasteiger partial charge in [0.1, 0.15) is 0 Å². The van der Waals surface area contributed by atoms with Crippen LogP contribution in [0.15, 0.2) is 41.0 Å². The zero-order chi connectivity index (χ0) is 20.1. The van der Waals surface area contributed by atoms with Crippen LogP contribution in [0.1, 0.15) is 59.1 Å². The monoisotopic (exact) mass is 384 g/mol. The van der Waals surface area contributed by atoms with Gasteiger partial charge in [0.05, 0.1) is 11.8 Å². The first kappa shape index (κ1) is 19.7. The first-order valence-corrected chi connectivity index (χ1v) is 9.41. The third-order valence-electron chi connectivity index (χ3n) is 4.82. The summed E-state index contributed by atoms with van der Waals surface area (Å²) < 4.78 is 10.4. The number of ether oxygens (including phenoxy) is 1. The van der Waals surface area contributed by atoms with Crippen LogP contribution in [0.2, 0.25) is 0 Å². The number of rotatable bonds is 6. The van der Waals surface area contributed by atoms with Crippen LogP contribution in [-0.4, -0.2) is 29.9 Å². The fraction of sp³-hybridized carbons (Fsp3) is 0.381. The Morgan fingerprint density at radius 1 is 1.18 bits per heavy atom. The number of hydrogen-bond donors (Lipinski definition) is 2. The number of benzene rings is 1. The Morgan fingerprint density at radius 3 is 2.61 bits per heavy atom. The van der Waals surface area contributed by atoms with Gasteiger partial charge < -0.3 is 19.8 Å². The molecule has 1 aromatic heterocycles. The van der Waals surface area contributed by atoms with Gasteiger partial charge in [-0.2, -0.15) is 0 Å². The highest BCUT2D eigenvalue weighted by molar-refractivity contribution is 6.03. The third-order valence-corrected chi connectivity index (χ3v) is 4.82. The molecule has 148 valence electrons. The zero-order valence-corrected chi connectivity index (χ0v) is 16.0. The number of carbonyl (C=O) groups excluding carboxylic acids is 3. The second-order valence-corrected chi connectivity index (χ2v) is 7.00. The zero-order valence-electron chi connectivity index (χ0n) is 16.0. The highest BCUT2D eigenvalue weighted by Crippen LogP contribution is 2.20. The van der Waals surface area contributed by atoms with Crippen LogP contribution in [-0.2, 0) is 9.53 Å². The van der Waals surface area contributed by atoms with Gasteiger partial charge in [0.2, 0.25) is 0 Å². The molecule has 3 rings (SSSR count). The summed E-state index contributed by atoms with van der Waals surface area (Å²) in [4.78, 5) is 36.8. The Labute approximate surface area is 163 Å². The number of nitrogens with one attached hydrogen (secondary N) is 2. The summed E-state index contributed by atoms with van der Waals surface area (Å²) in [6, 6.07) is 8.16. The van der Waals surface area contributed by atoms with E-state index in [1.807, 2.05) is 6.92 Å². The fourth-order valence-corrected chi connectivity index (χ4v) is 3.15. The van der Waals surface area contributed by atoms with Crippen molar-refractivity contribution in [2.45, 2.75) is 51.7 Å². The van der Waals surface area contributed by atoms with Crippen molar-refractivity contribution in [1.82, 2.24) is 5.32 Å². The minimum Gasteiger partial charge on any atom is -0.459 e. The molecule has 1 atom stereocenters. The van der Waals surface area contributed by atoms with Crippen molar-refractivity contribution < 1.29 is 23.5 Å². The predicted molar refractivity (Wildman–Crippen MR) is 103 cm³/mol. The molecule has 1 aliphatic rings. The molecule has 0 aliphatic heterocycles. The summed E-state index contributed by atoms with van der Waals surface area (Å²) in [5.41, 5.74) is 1.50. The quantitative estimate of drug-likeness (QED) is 0.744. The number of furan rings is 1. The van der Waals surface area contributed by atoms with Gasteiger partial charge in [-0.05, 0) is 56.5 Å². The molecule has 1 fully saturated rings. The van der Waals surface area contributed by atoms with Crippen LogP contribution < -0.4 is 10.6 Å². The number of esters is 1. The van der Waals surface area contributed by atoms with Crippen molar-refractivity contribution in [2.24, 2.45) is 0 Å². The Bertz CT molecular complexity index is 854. The first-order valence-electron chi connectivity index (χ1n) is 9.41. The Kier molecular flexibility index (Phi) is 6.13. The molecule has 2 amide bonds. The van der Waals surface area contributed by atoms with E-state index in [0.29, 0.717) is 5.69 Å². The molecule has 1 aromatic carbocycles. The molecule has 1 heterocycles. The maximum Gasteiger partial charge on any atom is 0.338 e. The molecule has 0 bridgehead atoms. The number of aryl methyl sites for hydroxylation is 1. The molecule has 0 unspecified atom stereocenters. The lowest BCUT2D eigenvalue weighted by Gasteiger charge is -2.17. The van der Waals surface area contributed by atoms with Gasteiger partial charge >= 0.3 is 5.97 Å². The maximum absolute atomic E-state index is 12.4. The molecule has 2 aromatic rings. The second-order valence-electron chi connectivity index (χ2n) is 7.00. The SMILES string of the molecule is Cc1ccc(C(=O)O[C@@H](C)C(=O)NC2CCCC2)cc1NC(=O)c1ccco1. The normalized spacial score (nSPS) is 15.1. The van der Waals surface area contributed by atoms with E-state index >= 15 is 0 Å². The maximum atomic E-state index is 12.4. The van der Waals surface area contributed by atoms with Crippen LogP contribution in [0.5, 0.6) is 0 Å². The van der Waals surface area contributed by atoms with E-state index in [2.05, 4.69) is 10.6 Å². The fourth-order valence-electron chi connectivity index (χ4n) is 3.15. The van der Waals surface area contributed by atoms with E-state index in [-0.39, 0.29) is 23.3 Å². The van der Waals surface area contributed by atoms with E-state index in [1.165, 1.54) is 12.3 Å². The van der Waals surface area contributed by atoms with Gasteiger partial charge in [-0.3, -0.25) is 9.59 Å². The first-order chi connectivity index (χ1) is 13.4. The van der Waals surface area contributed by atoms with Crippen LogP contribution in [0.4, 0.5) is 5.69 Å². The number of anilines is 1. The molecule has 7 nitrogen and oxygen atoms in total. The molecular formula is C21H24N2O5. The number of amides is 2. The van der Waals surface area contributed by atoms with Gasteiger partial charge in [-0.15, -0.1) is 0 Å². The summed E-state index contributed by atoms with van der Waals surface area (Å²) in [5, 5.41) is 5.63. The van der Waals surface area contributed by atoms with Gasteiger partial charge in [-0.1, -0.05) is 18.9 Å². The largest absolute Gasteiger partial charge is 0.459 e. The molecule has 0 radical (unpaired) electrons. The summed E-state index contributed by atoms with van der Waals surface area (Å²) in [6.45, 7) is 3.36. The summed E-state index contributed by atoms with van der Waals surface area (Å²) in [5.74, 6) is -1.16. The van der Waals surface area contributed by atoms with Crippen LogP contribution in [0, 0.1) is 6.92 Å². The topological polar surface area (TPSA) is 97.6 Å². The minimum absolute atomic E-state index is 0.163. The standard InChI is InChI=1S/C21H24N2O5/c1-13-9-10-15(12-17(13)23-20(25)18-8-5-11-27-18)21(26)28-14(2)19(24)22-16-6-3-4-7-16/h5,8-12,14,16H,3-4,6-7H2,1-2H3,(H,22,24)(H,23,25)/t14-/m0/s1. The van der Waals surface area contributed by atoms with Crippen molar-refractivity contribution in [1.29, 1.82) is 0 Å². The second kappa shape index (κ2) is 8.73. The summed E-state index contributed by atoms with van der Waals surface area (Å²) in [7, 11) is 0. The average molecular weight is 384 g/mol. The van der Waals surface area contributed by atoms with Crippen LogP contribution in [0.3, 0.4) is 0 Å². The van der Waals surface area contributed by atoms with E-state index < -0.39 is 18.0 Å². The average Bonchev–Trinajstić information content (AvgIpc) is 3.37. The molecule has 0 saturated heterocycles. The molecule has 0 spiro atoms. The highest BCUT2D eigenvalue weighted by Gasteiger charge is 2.24. The van der Waals surface area contributed by atoms with Crippen molar-refractivity contribution in [3.63, 3.8) is 0 Å². The molecule has 2 N–H and O–H groups in total. The Balaban J connectivity index is 1.63.